The van der Waals surface area contributed by atoms with Crippen LogP contribution in [0.3, 0.4) is 0 Å². The average molecular weight is 293 g/mol. The molecule has 0 aliphatic rings. The molecule has 0 amide bonds. The third-order valence-corrected chi connectivity index (χ3v) is 3.17. The third kappa shape index (κ3) is 7.14. The fourth-order valence-electron chi connectivity index (χ4n) is 2.08. The molecule has 1 rings (SSSR count). The van der Waals surface area contributed by atoms with Crippen molar-refractivity contribution < 1.29 is 14.3 Å². The van der Waals surface area contributed by atoms with Gasteiger partial charge in [0.1, 0.15) is 5.75 Å². The van der Waals surface area contributed by atoms with Gasteiger partial charge >= 0.3 is 5.97 Å². The van der Waals surface area contributed by atoms with Crippen LogP contribution in [0, 0.1) is 5.92 Å². The van der Waals surface area contributed by atoms with Crippen LogP contribution in [0.1, 0.15) is 32.8 Å². The maximum Gasteiger partial charge on any atom is 0.307 e. The highest BCUT2D eigenvalue weighted by atomic mass is 16.5. The van der Waals surface area contributed by atoms with E-state index in [0.29, 0.717) is 18.9 Å². The number of hydrogen-bond acceptors (Lipinski definition) is 4. The molecule has 0 aliphatic carbocycles. The zero-order valence-corrected chi connectivity index (χ0v) is 13.5. The van der Waals surface area contributed by atoms with Crippen LogP contribution in [-0.2, 0) is 16.0 Å². The van der Waals surface area contributed by atoms with E-state index in [-0.39, 0.29) is 12.0 Å². The maximum absolute atomic E-state index is 11.5. The van der Waals surface area contributed by atoms with Crippen LogP contribution < -0.4 is 10.1 Å². The van der Waals surface area contributed by atoms with Gasteiger partial charge in [0.25, 0.3) is 0 Å². The molecule has 0 saturated heterocycles. The van der Waals surface area contributed by atoms with Gasteiger partial charge in [0.15, 0.2) is 0 Å². The number of methoxy groups -OCH3 is 1. The second kappa shape index (κ2) is 9.40. The Kier molecular flexibility index (Phi) is 7.83. The molecule has 0 saturated carbocycles. The molecule has 1 aromatic carbocycles. The van der Waals surface area contributed by atoms with Crippen LogP contribution in [0.25, 0.3) is 0 Å². The predicted molar refractivity (Wildman–Crippen MR) is 84.6 cm³/mol. The summed E-state index contributed by atoms with van der Waals surface area (Å²) in [5.74, 6) is 1.24. The van der Waals surface area contributed by atoms with E-state index in [4.69, 9.17) is 9.47 Å². The van der Waals surface area contributed by atoms with Crippen molar-refractivity contribution in [2.75, 3.05) is 20.3 Å². The van der Waals surface area contributed by atoms with Gasteiger partial charge in [-0.2, -0.15) is 0 Å². The highest BCUT2D eigenvalue weighted by Gasteiger charge is 2.15. The van der Waals surface area contributed by atoms with Gasteiger partial charge in [-0.15, -0.1) is 0 Å². The van der Waals surface area contributed by atoms with E-state index in [1.807, 2.05) is 31.2 Å². The molecule has 0 bridgehead atoms. The summed E-state index contributed by atoms with van der Waals surface area (Å²) in [6, 6.07) is 8.13. The normalized spacial score (nSPS) is 12.2. The molecule has 0 aliphatic heterocycles. The summed E-state index contributed by atoms with van der Waals surface area (Å²) in [5, 5.41) is 3.44. The van der Waals surface area contributed by atoms with E-state index in [0.717, 1.165) is 18.7 Å². The first kappa shape index (κ1) is 17.5. The number of carbonyl (C=O) groups excluding carboxylic acids is 1. The van der Waals surface area contributed by atoms with Crippen LogP contribution in [0.4, 0.5) is 0 Å². The number of rotatable bonds is 9. The molecule has 1 atom stereocenters. The lowest BCUT2D eigenvalue weighted by molar-refractivity contribution is -0.141. The SMILES string of the molecule is CCOc1ccc(CC(CC(=O)OC)NCC(C)C)cc1. The number of benzene rings is 1. The first-order valence-corrected chi connectivity index (χ1v) is 7.57. The second-order valence-corrected chi connectivity index (χ2v) is 5.56. The van der Waals surface area contributed by atoms with Crippen molar-refractivity contribution in [1.82, 2.24) is 5.32 Å². The van der Waals surface area contributed by atoms with E-state index >= 15 is 0 Å². The molecule has 1 unspecified atom stereocenters. The molecule has 0 aromatic heterocycles. The van der Waals surface area contributed by atoms with Crippen molar-refractivity contribution in [3.63, 3.8) is 0 Å². The van der Waals surface area contributed by atoms with E-state index in [9.17, 15) is 4.79 Å². The molecule has 21 heavy (non-hydrogen) atoms. The summed E-state index contributed by atoms with van der Waals surface area (Å²) in [5.41, 5.74) is 1.18. The summed E-state index contributed by atoms with van der Waals surface area (Å²) in [6.07, 6.45) is 1.19. The molecule has 118 valence electrons. The maximum atomic E-state index is 11.5. The summed E-state index contributed by atoms with van der Waals surface area (Å²) >= 11 is 0. The van der Waals surface area contributed by atoms with Crippen LogP contribution in [-0.4, -0.2) is 32.3 Å². The Bertz CT molecular complexity index is 415. The van der Waals surface area contributed by atoms with Gasteiger partial charge in [-0.05, 0) is 43.5 Å². The lowest BCUT2D eigenvalue weighted by Crippen LogP contribution is -2.36. The summed E-state index contributed by atoms with van der Waals surface area (Å²) in [7, 11) is 1.43. The predicted octanol–water partition coefficient (Wildman–Crippen LogP) is 2.81. The Hall–Kier alpha value is -1.55. The number of hydrogen-bond donors (Lipinski definition) is 1. The number of nitrogens with one attached hydrogen (secondary N) is 1. The standard InChI is InChI=1S/C17H27NO3/c1-5-21-16-8-6-14(7-9-16)10-15(11-17(19)20-4)18-12-13(2)3/h6-9,13,15,18H,5,10-12H2,1-4H3. The lowest BCUT2D eigenvalue weighted by Gasteiger charge is -2.19. The van der Waals surface area contributed by atoms with Crippen LogP contribution in [0.15, 0.2) is 24.3 Å². The molecule has 1 aromatic rings. The fourth-order valence-corrected chi connectivity index (χ4v) is 2.08. The first-order chi connectivity index (χ1) is 10.0. The smallest absolute Gasteiger partial charge is 0.307 e. The zero-order valence-electron chi connectivity index (χ0n) is 13.5. The fraction of sp³-hybridized carbons (Fsp3) is 0.588. The summed E-state index contributed by atoms with van der Waals surface area (Å²) in [6.45, 7) is 7.83. The minimum Gasteiger partial charge on any atom is -0.494 e. The molecule has 0 spiro atoms. The van der Waals surface area contributed by atoms with Gasteiger partial charge in [0.2, 0.25) is 0 Å². The van der Waals surface area contributed by atoms with Gasteiger partial charge in [-0.25, -0.2) is 0 Å². The monoisotopic (exact) mass is 293 g/mol. The number of ether oxygens (including phenoxy) is 2. The minimum atomic E-state index is -0.179. The Morgan fingerprint density at radius 2 is 1.90 bits per heavy atom. The molecule has 0 radical (unpaired) electrons. The highest BCUT2D eigenvalue weighted by molar-refractivity contribution is 5.70. The van der Waals surface area contributed by atoms with Gasteiger partial charge in [-0.1, -0.05) is 26.0 Å². The van der Waals surface area contributed by atoms with Crippen molar-refractivity contribution in [1.29, 1.82) is 0 Å². The molecule has 0 fully saturated rings. The highest BCUT2D eigenvalue weighted by Crippen LogP contribution is 2.14. The second-order valence-electron chi connectivity index (χ2n) is 5.56. The summed E-state index contributed by atoms with van der Waals surface area (Å²) < 4.78 is 10.2. The van der Waals surface area contributed by atoms with E-state index in [1.165, 1.54) is 12.7 Å². The minimum absolute atomic E-state index is 0.0952. The molecular formula is C17H27NO3. The molecule has 4 nitrogen and oxygen atoms in total. The van der Waals surface area contributed by atoms with Crippen molar-refractivity contribution in [2.24, 2.45) is 5.92 Å². The lowest BCUT2D eigenvalue weighted by atomic mass is 10.0. The number of esters is 1. The number of carbonyl (C=O) groups is 1. The van der Waals surface area contributed by atoms with Crippen molar-refractivity contribution in [2.45, 2.75) is 39.7 Å². The Morgan fingerprint density at radius 1 is 1.24 bits per heavy atom. The largest absolute Gasteiger partial charge is 0.494 e. The Morgan fingerprint density at radius 3 is 2.43 bits per heavy atom. The first-order valence-electron chi connectivity index (χ1n) is 7.57. The third-order valence-electron chi connectivity index (χ3n) is 3.17. The molecular weight excluding hydrogens is 266 g/mol. The molecule has 4 heteroatoms. The quantitative estimate of drug-likeness (QED) is 0.711. The van der Waals surface area contributed by atoms with Gasteiger partial charge in [0.05, 0.1) is 20.1 Å². The molecule has 0 heterocycles. The topological polar surface area (TPSA) is 47.6 Å². The van der Waals surface area contributed by atoms with E-state index < -0.39 is 0 Å². The van der Waals surface area contributed by atoms with Crippen LogP contribution in [0.5, 0.6) is 5.75 Å². The van der Waals surface area contributed by atoms with Gasteiger partial charge in [-0.3, -0.25) is 4.79 Å². The zero-order chi connectivity index (χ0) is 15.7. The van der Waals surface area contributed by atoms with Crippen molar-refractivity contribution in [3.8, 4) is 5.75 Å². The summed E-state index contributed by atoms with van der Waals surface area (Å²) in [4.78, 5) is 11.5. The van der Waals surface area contributed by atoms with Crippen molar-refractivity contribution >= 4 is 5.97 Å². The average Bonchev–Trinajstić information content (AvgIpc) is 2.46. The van der Waals surface area contributed by atoms with Gasteiger partial charge in [0, 0.05) is 6.04 Å². The Balaban J connectivity index is 2.62. The van der Waals surface area contributed by atoms with Gasteiger partial charge < -0.3 is 14.8 Å². The molecule has 1 N–H and O–H groups in total. The van der Waals surface area contributed by atoms with E-state index in [1.54, 1.807) is 0 Å². The van der Waals surface area contributed by atoms with Crippen molar-refractivity contribution in [3.05, 3.63) is 29.8 Å². The van der Waals surface area contributed by atoms with Crippen LogP contribution >= 0.6 is 0 Å². The Labute approximate surface area is 127 Å². The van der Waals surface area contributed by atoms with E-state index in [2.05, 4.69) is 19.2 Å². The van der Waals surface area contributed by atoms with Crippen LogP contribution in [0.2, 0.25) is 0 Å².